The summed E-state index contributed by atoms with van der Waals surface area (Å²) in [5.41, 5.74) is 7.56. The van der Waals surface area contributed by atoms with Gasteiger partial charge in [-0.25, -0.2) is 0 Å². The Hall–Kier alpha value is -0.380. The van der Waals surface area contributed by atoms with Gasteiger partial charge in [-0.1, -0.05) is 41.9 Å². The van der Waals surface area contributed by atoms with Gasteiger partial charge in [-0.05, 0) is 36.5 Å². The number of nitrogens with two attached hydrogens (primary N) is 1. The summed E-state index contributed by atoms with van der Waals surface area (Å²) in [5, 5.41) is 0. The SMILES string of the molecule is CCC(c1cccc(Br)c1)N1CC(C)CC(N)C1. The van der Waals surface area contributed by atoms with E-state index in [-0.39, 0.29) is 0 Å². The van der Waals surface area contributed by atoms with Crippen molar-refractivity contribution in [1.29, 1.82) is 0 Å². The summed E-state index contributed by atoms with van der Waals surface area (Å²) < 4.78 is 1.16. The number of halogens is 1. The molecule has 3 heteroatoms. The Kier molecular flexibility index (Phi) is 4.82. The van der Waals surface area contributed by atoms with Crippen LogP contribution in [0.2, 0.25) is 0 Å². The first kappa shape index (κ1) is 14.0. The van der Waals surface area contributed by atoms with Crippen LogP contribution >= 0.6 is 15.9 Å². The topological polar surface area (TPSA) is 29.3 Å². The molecule has 1 aromatic rings. The van der Waals surface area contributed by atoms with Crippen molar-refractivity contribution < 1.29 is 0 Å². The Morgan fingerprint density at radius 2 is 2.22 bits per heavy atom. The first-order valence-corrected chi connectivity index (χ1v) is 7.64. The first-order valence-electron chi connectivity index (χ1n) is 6.85. The number of rotatable bonds is 3. The maximum absolute atomic E-state index is 6.17. The molecule has 1 aliphatic rings. The summed E-state index contributed by atoms with van der Waals surface area (Å²) in [4.78, 5) is 2.56. The number of hydrogen-bond donors (Lipinski definition) is 1. The maximum atomic E-state index is 6.17. The van der Waals surface area contributed by atoms with Crippen molar-refractivity contribution in [2.45, 2.75) is 38.8 Å². The molecule has 3 unspecified atom stereocenters. The molecule has 100 valence electrons. The monoisotopic (exact) mass is 310 g/mol. The summed E-state index contributed by atoms with van der Waals surface area (Å²) >= 11 is 3.56. The van der Waals surface area contributed by atoms with Gasteiger partial charge >= 0.3 is 0 Å². The molecule has 1 heterocycles. The van der Waals surface area contributed by atoms with Crippen LogP contribution in [-0.2, 0) is 0 Å². The van der Waals surface area contributed by atoms with Gasteiger partial charge in [-0.3, -0.25) is 4.90 Å². The molecule has 1 aromatic carbocycles. The fraction of sp³-hybridized carbons (Fsp3) is 0.600. The van der Waals surface area contributed by atoms with Gasteiger partial charge in [-0.2, -0.15) is 0 Å². The van der Waals surface area contributed by atoms with Crippen molar-refractivity contribution in [3.63, 3.8) is 0 Å². The van der Waals surface area contributed by atoms with E-state index in [4.69, 9.17) is 5.73 Å². The summed E-state index contributed by atoms with van der Waals surface area (Å²) in [5.74, 6) is 0.704. The van der Waals surface area contributed by atoms with Gasteiger partial charge in [0.25, 0.3) is 0 Å². The zero-order chi connectivity index (χ0) is 13.1. The molecule has 2 N–H and O–H groups in total. The molecule has 1 saturated heterocycles. The van der Waals surface area contributed by atoms with Crippen LogP contribution in [0.5, 0.6) is 0 Å². The molecular weight excluding hydrogens is 288 g/mol. The molecule has 3 atom stereocenters. The highest BCUT2D eigenvalue weighted by Gasteiger charge is 2.27. The minimum atomic E-state index is 0.329. The van der Waals surface area contributed by atoms with Gasteiger partial charge < -0.3 is 5.73 Å². The molecule has 2 nitrogen and oxygen atoms in total. The summed E-state index contributed by atoms with van der Waals surface area (Å²) in [6.07, 6.45) is 2.29. The predicted octanol–water partition coefficient (Wildman–Crippen LogP) is 3.57. The lowest BCUT2D eigenvalue weighted by molar-refractivity contribution is 0.112. The van der Waals surface area contributed by atoms with Crippen molar-refractivity contribution in [3.05, 3.63) is 34.3 Å². The van der Waals surface area contributed by atoms with E-state index in [1.54, 1.807) is 0 Å². The molecule has 1 fully saturated rings. The third-order valence-electron chi connectivity index (χ3n) is 3.78. The molecule has 18 heavy (non-hydrogen) atoms. The Morgan fingerprint density at radius 1 is 1.44 bits per heavy atom. The molecule has 0 aliphatic carbocycles. The van der Waals surface area contributed by atoms with Gasteiger partial charge in [-0.15, -0.1) is 0 Å². The van der Waals surface area contributed by atoms with E-state index < -0.39 is 0 Å². The summed E-state index contributed by atoms with van der Waals surface area (Å²) in [6.45, 7) is 6.75. The van der Waals surface area contributed by atoms with Crippen LogP contribution in [0.25, 0.3) is 0 Å². The van der Waals surface area contributed by atoms with Crippen molar-refractivity contribution >= 4 is 15.9 Å². The van der Waals surface area contributed by atoms with Crippen LogP contribution in [0.3, 0.4) is 0 Å². The second kappa shape index (κ2) is 6.18. The molecule has 1 aliphatic heterocycles. The highest BCUT2D eigenvalue weighted by atomic mass is 79.9. The number of benzene rings is 1. The second-order valence-electron chi connectivity index (χ2n) is 5.53. The van der Waals surface area contributed by atoms with Crippen molar-refractivity contribution in [3.8, 4) is 0 Å². The molecular formula is C15H23BrN2. The smallest absolute Gasteiger partial charge is 0.0346 e. The highest BCUT2D eigenvalue weighted by Crippen LogP contribution is 2.30. The van der Waals surface area contributed by atoms with Crippen molar-refractivity contribution in [1.82, 2.24) is 4.90 Å². The van der Waals surface area contributed by atoms with E-state index in [9.17, 15) is 0 Å². The van der Waals surface area contributed by atoms with Crippen LogP contribution in [-0.4, -0.2) is 24.0 Å². The molecule has 0 saturated carbocycles. The first-order chi connectivity index (χ1) is 8.60. The Labute approximate surface area is 119 Å². The maximum Gasteiger partial charge on any atom is 0.0346 e. The Bertz CT molecular complexity index is 384. The quantitative estimate of drug-likeness (QED) is 0.924. The van der Waals surface area contributed by atoms with Crippen LogP contribution in [0.4, 0.5) is 0 Å². The molecule has 2 rings (SSSR count). The largest absolute Gasteiger partial charge is 0.327 e. The van der Waals surface area contributed by atoms with E-state index in [2.05, 4.69) is 58.9 Å². The van der Waals surface area contributed by atoms with Gasteiger partial charge in [0.2, 0.25) is 0 Å². The van der Waals surface area contributed by atoms with Crippen molar-refractivity contribution in [2.75, 3.05) is 13.1 Å². The minimum Gasteiger partial charge on any atom is -0.327 e. The zero-order valence-corrected chi connectivity index (χ0v) is 12.9. The second-order valence-corrected chi connectivity index (χ2v) is 6.45. The van der Waals surface area contributed by atoms with E-state index in [1.165, 1.54) is 12.1 Å². The Balaban J connectivity index is 2.17. The van der Waals surface area contributed by atoms with E-state index in [0.29, 0.717) is 18.0 Å². The number of piperidine rings is 1. The van der Waals surface area contributed by atoms with Crippen LogP contribution in [0.1, 0.15) is 38.3 Å². The Morgan fingerprint density at radius 3 is 2.83 bits per heavy atom. The van der Waals surface area contributed by atoms with Gasteiger partial charge in [0, 0.05) is 29.6 Å². The molecule has 0 amide bonds. The molecule has 0 bridgehead atoms. The summed E-state index contributed by atoms with van der Waals surface area (Å²) in [6, 6.07) is 9.49. The van der Waals surface area contributed by atoms with Gasteiger partial charge in [0.05, 0.1) is 0 Å². The van der Waals surface area contributed by atoms with Gasteiger partial charge in [0.15, 0.2) is 0 Å². The van der Waals surface area contributed by atoms with Crippen LogP contribution in [0.15, 0.2) is 28.7 Å². The molecule has 0 spiro atoms. The third-order valence-corrected chi connectivity index (χ3v) is 4.27. The fourth-order valence-electron chi connectivity index (χ4n) is 3.12. The standard InChI is InChI=1S/C15H23BrN2/c1-3-15(12-5-4-6-13(16)8-12)18-9-11(2)7-14(17)10-18/h4-6,8,11,14-15H,3,7,9-10,17H2,1-2H3. The van der Waals surface area contributed by atoms with E-state index in [1.807, 2.05) is 0 Å². The summed E-state index contributed by atoms with van der Waals surface area (Å²) in [7, 11) is 0. The lowest BCUT2D eigenvalue weighted by Gasteiger charge is -2.40. The average Bonchev–Trinajstić information content (AvgIpc) is 2.28. The minimum absolute atomic E-state index is 0.329. The normalized spacial score (nSPS) is 27.1. The van der Waals surface area contributed by atoms with E-state index >= 15 is 0 Å². The van der Waals surface area contributed by atoms with Crippen molar-refractivity contribution in [2.24, 2.45) is 11.7 Å². The number of hydrogen-bond acceptors (Lipinski definition) is 2. The lowest BCUT2D eigenvalue weighted by atomic mass is 9.92. The van der Waals surface area contributed by atoms with Gasteiger partial charge in [0.1, 0.15) is 0 Å². The number of likely N-dealkylation sites (tertiary alicyclic amines) is 1. The zero-order valence-electron chi connectivity index (χ0n) is 11.3. The van der Waals surface area contributed by atoms with E-state index in [0.717, 1.165) is 23.9 Å². The fourth-order valence-corrected chi connectivity index (χ4v) is 3.53. The van der Waals surface area contributed by atoms with Crippen LogP contribution in [0, 0.1) is 5.92 Å². The predicted molar refractivity (Wildman–Crippen MR) is 80.5 cm³/mol. The third kappa shape index (κ3) is 3.34. The van der Waals surface area contributed by atoms with Crippen LogP contribution < -0.4 is 5.73 Å². The highest BCUT2D eigenvalue weighted by molar-refractivity contribution is 9.10. The molecule has 0 aromatic heterocycles. The average molecular weight is 311 g/mol. The lowest BCUT2D eigenvalue weighted by Crippen LogP contribution is -2.47. The molecule has 0 radical (unpaired) electrons. The number of nitrogens with zero attached hydrogens (tertiary/aromatic N) is 1.